The van der Waals surface area contributed by atoms with Crippen molar-refractivity contribution in [2.45, 2.75) is 25.3 Å². The molecule has 0 fully saturated rings. The summed E-state index contributed by atoms with van der Waals surface area (Å²) in [6, 6.07) is 10.8. The van der Waals surface area contributed by atoms with Crippen molar-refractivity contribution in [1.29, 1.82) is 0 Å². The predicted octanol–water partition coefficient (Wildman–Crippen LogP) is 3.05. The number of nitrogens with one attached hydrogen (secondary N) is 1. The summed E-state index contributed by atoms with van der Waals surface area (Å²) < 4.78 is 10.3. The van der Waals surface area contributed by atoms with Crippen molar-refractivity contribution in [2.75, 3.05) is 14.2 Å². The van der Waals surface area contributed by atoms with Crippen molar-refractivity contribution >= 4 is 0 Å². The number of rotatable bonds is 7. The van der Waals surface area contributed by atoms with Crippen LogP contribution in [0.1, 0.15) is 17.5 Å². The molecule has 1 aromatic heterocycles. The van der Waals surface area contributed by atoms with Crippen molar-refractivity contribution < 1.29 is 9.15 Å². The molecule has 3 heteroatoms. The third-order valence-electron chi connectivity index (χ3n) is 3.41. The Labute approximate surface area is 114 Å². The number of aryl methyl sites for hydroxylation is 1. The van der Waals surface area contributed by atoms with Gasteiger partial charge in [0.05, 0.1) is 19.6 Å². The van der Waals surface area contributed by atoms with Crippen LogP contribution in [0.2, 0.25) is 0 Å². The second-order valence-electron chi connectivity index (χ2n) is 4.71. The maximum Gasteiger partial charge on any atom is 0.118 e. The molecule has 2 aromatic rings. The minimum absolute atomic E-state index is 0.472. The van der Waals surface area contributed by atoms with E-state index in [1.807, 2.05) is 31.5 Å². The topological polar surface area (TPSA) is 34.4 Å². The fourth-order valence-corrected chi connectivity index (χ4v) is 2.17. The molecule has 3 nitrogen and oxygen atoms in total. The minimum atomic E-state index is 0.472. The van der Waals surface area contributed by atoms with Crippen LogP contribution in [0.15, 0.2) is 47.3 Å². The van der Waals surface area contributed by atoms with Gasteiger partial charge in [0.1, 0.15) is 5.75 Å². The highest BCUT2D eigenvalue weighted by Crippen LogP contribution is 2.14. The molecule has 1 unspecified atom stereocenters. The van der Waals surface area contributed by atoms with Crippen molar-refractivity contribution in [1.82, 2.24) is 5.32 Å². The Bertz CT molecular complexity index is 462. The first-order chi connectivity index (χ1) is 9.31. The van der Waals surface area contributed by atoms with E-state index in [1.165, 1.54) is 11.1 Å². The van der Waals surface area contributed by atoms with Crippen molar-refractivity contribution in [2.24, 2.45) is 0 Å². The van der Waals surface area contributed by atoms with Crippen LogP contribution < -0.4 is 10.1 Å². The highest BCUT2D eigenvalue weighted by atomic mass is 16.5. The second-order valence-corrected chi connectivity index (χ2v) is 4.71. The van der Waals surface area contributed by atoms with Gasteiger partial charge in [-0.1, -0.05) is 12.1 Å². The Morgan fingerprint density at radius 2 is 1.95 bits per heavy atom. The Morgan fingerprint density at radius 3 is 2.53 bits per heavy atom. The molecule has 0 saturated heterocycles. The van der Waals surface area contributed by atoms with Gasteiger partial charge in [-0.15, -0.1) is 0 Å². The zero-order chi connectivity index (χ0) is 13.5. The molecule has 1 N–H and O–H groups in total. The first-order valence-electron chi connectivity index (χ1n) is 6.63. The van der Waals surface area contributed by atoms with E-state index < -0.39 is 0 Å². The van der Waals surface area contributed by atoms with Crippen LogP contribution in [0.25, 0.3) is 0 Å². The number of likely N-dealkylation sites (N-methyl/N-ethyl adjacent to an activating group) is 1. The summed E-state index contributed by atoms with van der Waals surface area (Å²) in [6.07, 6.45) is 6.72. The van der Waals surface area contributed by atoms with Crippen LogP contribution in [0, 0.1) is 0 Å². The fourth-order valence-electron chi connectivity index (χ4n) is 2.17. The number of hydrogen-bond acceptors (Lipinski definition) is 3. The molecule has 1 atom stereocenters. The van der Waals surface area contributed by atoms with Crippen LogP contribution in [0.4, 0.5) is 0 Å². The number of benzene rings is 1. The number of ether oxygens (including phenoxy) is 1. The zero-order valence-corrected chi connectivity index (χ0v) is 11.6. The zero-order valence-electron chi connectivity index (χ0n) is 11.6. The Balaban J connectivity index is 1.84. The van der Waals surface area contributed by atoms with Gasteiger partial charge in [0, 0.05) is 6.04 Å². The lowest BCUT2D eigenvalue weighted by molar-refractivity contribution is 0.414. The largest absolute Gasteiger partial charge is 0.497 e. The van der Waals surface area contributed by atoms with Gasteiger partial charge < -0.3 is 14.5 Å². The number of furan rings is 1. The lowest BCUT2D eigenvalue weighted by atomic mass is 10.0. The van der Waals surface area contributed by atoms with Crippen LogP contribution in [0.5, 0.6) is 5.75 Å². The van der Waals surface area contributed by atoms with E-state index >= 15 is 0 Å². The molecular weight excluding hydrogens is 238 g/mol. The molecule has 0 bridgehead atoms. The molecule has 0 aliphatic carbocycles. The van der Waals surface area contributed by atoms with Gasteiger partial charge in [-0.25, -0.2) is 0 Å². The summed E-state index contributed by atoms with van der Waals surface area (Å²) in [7, 11) is 3.70. The molecule has 0 amide bonds. The molecule has 19 heavy (non-hydrogen) atoms. The molecular formula is C16H21NO2. The molecule has 1 heterocycles. The lowest BCUT2D eigenvalue weighted by Crippen LogP contribution is -2.27. The minimum Gasteiger partial charge on any atom is -0.497 e. The van der Waals surface area contributed by atoms with E-state index in [0.717, 1.165) is 25.0 Å². The quantitative estimate of drug-likeness (QED) is 0.830. The molecule has 0 radical (unpaired) electrons. The van der Waals surface area contributed by atoms with E-state index in [-0.39, 0.29) is 0 Å². The molecule has 102 valence electrons. The predicted molar refractivity (Wildman–Crippen MR) is 76.6 cm³/mol. The van der Waals surface area contributed by atoms with E-state index in [9.17, 15) is 0 Å². The summed E-state index contributed by atoms with van der Waals surface area (Å²) >= 11 is 0. The fraction of sp³-hybridized carbons (Fsp3) is 0.375. The smallest absolute Gasteiger partial charge is 0.118 e. The molecule has 0 spiro atoms. The highest BCUT2D eigenvalue weighted by Gasteiger charge is 2.08. The lowest BCUT2D eigenvalue weighted by Gasteiger charge is -2.15. The van der Waals surface area contributed by atoms with Gasteiger partial charge >= 0.3 is 0 Å². The molecule has 0 aliphatic rings. The van der Waals surface area contributed by atoms with Gasteiger partial charge in [-0.2, -0.15) is 0 Å². The van der Waals surface area contributed by atoms with E-state index in [2.05, 4.69) is 17.4 Å². The van der Waals surface area contributed by atoms with Crippen molar-refractivity contribution in [3.63, 3.8) is 0 Å². The Hall–Kier alpha value is -1.74. The van der Waals surface area contributed by atoms with Crippen molar-refractivity contribution in [3.8, 4) is 5.75 Å². The maximum absolute atomic E-state index is 5.16. The van der Waals surface area contributed by atoms with E-state index in [4.69, 9.17) is 9.15 Å². The van der Waals surface area contributed by atoms with Crippen LogP contribution >= 0.6 is 0 Å². The van der Waals surface area contributed by atoms with Gasteiger partial charge in [0.2, 0.25) is 0 Å². The summed E-state index contributed by atoms with van der Waals surface area (Å²) in [5.74, 6) is 0.910. The summed E-state index contributed by atoms with van der Waals surface area (Å²) in [6.45, 7) is 0. The number of hydrogen-bond donors (Lipinski definition) is 1. The molecule has 0 saturated carbocycles. The molecule has 2 rings (SSSR count). The summed E-state index contributed by atoms with van der Waals surface area (Å²) in [5, 5.41) is 3.37. The first kappa shape index (κ1) is 13.7. The Kier molecular flexibility index (Phi) is 5.04. The van der Waals surface area contributed by atoms with Crippen LogP contribution in [-0.4, -0.2) is 20.2 Å². The van der Waals surface area contributed by atoms with Gasteiger partial charge in [-0.3, -0.25) is 0 Å². The van der Waals surface area contributed by atoms with Gasteiger partial charge in [0.25, 0.3) is 0 Å². The standard InChI is InChI=1S/C16H21NO2/c1-17-15(11-14-9-10-19-12-14)6-3-13-4-7-16(18-2)8-5-13/h4-5,7-10,12,15,17H,3,6,11H2,1-2H3. The normalized spacial score (nSPS) is 12.3. The van der Waals surface area contributed by atoms with Gasteiger partial charge in [0.15, 0.2) is 0 Å². The first-order valence-corrected chi connectivity index (χ1v) is 6.63. The average Bonchev–Trinajstić information content (AvgIpc) is 2.97. The summed E-state index contributed by atoms with van der Waals surface area (Å²) in [5.41, 5.74) is 2.59. The van der Waals surface area contributed by atoms with Crippen molar-refractivity contribution in [3.05, 3.63) is 54.0 Å². The molecule has 0 aliphatic heterocycles. The van der Waals surface area contributed by atoms with Crippen LogP contribution in [0.3, 0.4) is 0 Å². The third kappa shape index (κ3) is 4.14. The van der Waals surface area contributed by atoms with Crippen LogP contribution in [-0.2, 0) is 12.8 Å². The van der Waals surface area contributed by atoms with E-state index in [1.54, 1.807) is 13.4 Å². The monoisotopic (exact) mass is 259 g/mol. The highest BCUT2D eigenvalue weighted by molar-refractivity contribution is 5.27. The second kappa shape index (κ2) is 7.00. The van der Waals surface area contributed by atoms with E-state index in [0.29, 0.717) is 6.04 Å². The summed E-state index contributed by atoms with van der Waals surface area (Å²) in [4.78, 5) is 0. The maximum atomic E-state index is 5.16. The SMILES string of the molecule is CNC(CCc1ccc(OC)cc1)Cc1ccoc1. The Morgan fingerprint density at radius 1 is 1.16 bits per heavy atom. The van der Waals surface area contributed by atoms with Gasteiger partial charge in [-0.05, 0) is 55.6 Å². The molecule has 1 aromatic carbocycles. The number of methoxy groups -OCH3 is 1. The average molecular weight is 259 g/mol. The third-order valence-corrected chi connectivity index (χ3v) is 3.41.